The van der Waals surface area contributed by atoms with Crippen LogP contribution in [0.3, 0.4) is 0 Å². The van der Waals surface area contributed by atoms with Gasteiger partial charge in [-0.15, -0.1) is 0 Å². The minimum atomic E-state index is 1.20. The number of rotatable bonds is 3. The lowest BCUT2D eigenvalue weighted by Crippen LogP contribution is -2.09. The monoisotopic (exact) mass is 301 g/mol. The van der Waals surface area contributed by atoms with E-state index in [9.17, 15) is 0 Å². The van der Waals surface area contributed by atoms with E-state index in [4.69, 9.17) is 0 Å². The van der Waals surface area contributed by atoms with Crippen LogP contribution >= 0.6 is 0 Å². The summed E-state index contributed by atoms with van der Waals surface area (Å²) in [4.78, 5) is 2.23. The maximum absolute atomic E-state index is 2.24. The maximum atomic E-state index is 2.24. The second-order valence-electron chi connectivity index (χ2n) is 6.24. The summed E-state index contributed by atoms with van der Waals surface area (Å²) in [6.45, 7) is 6.42. The summed E-state index contributed by atoms with van der Waals surface area (Å²) in [6, 6.07) is 24.0. The normalized spacial score (nSPS) is 10.6. The van der Waals surface area contributed by atoms with Crippen LogP contribution < -0.4 is 4.90 Å². The molecule has 23 heavy (non-hydrogen) atoms. The van der Waals surface area contributed by atoms with E-state index in [0.29, 0.717) is 0 Å². The Bertz CT molecular complexity index is 798. The maximum Gasteiger partial charge on any atom is 0.0410 e. The molecule has 0 aromatic heterocycles. The van der Waals surface area contributed by atoms with Crippen LogP contribution in [0.5, 0.6) is 0 Å². The van der Waals surface area contributed by atoms with Crippen molar-refractivity contribution in [3.8, 4) is 11.1 Å². The Hall–Kier alpha value is -2.54. The lowest BCUT2D eigenvalue weighted by Gasteiger charge is -2.21. The van der Waals surface area contributed by atoms with Crippen molar-refractivity contribution in [3.63, 3.8) is 0 Å². The van der Waals surface area contributed by atoms with Crippen molar-refractivity contribution in [2.24, 2.45) is 0 Å². The average molecular weight is 301 g/mol. The molecule has 0 amide bonds. The van der Waals surface area contributed by atoms with Gasteiger partial charge in [0.15, 0.2) is 0 Å². The molecule has 0 fully saturated rings. The van der Waals surface area contributed by atoms with Gasteiger partial charge >= 0.3 is 0 Å². The third kappa shape index (κ3) is 3.29. The summed E-state index contributed by atoms with van der Waals surface area (Å²) in [5.74, 6) is 0. The molecule has 0 aliphatic rings. The quantitative estimate of drug-likeness (QED) is 0.569. The van der Waals surface area contributed by atoms with Crippen molar-refractivity contribution in [1.29, 1.82) is 0 Å². The summed E-state index contributed by atoms with van der Waals surface area (Å²) >= 11 is 0. The van der Waals surface area contributed by atoms with Gasteiger partial charge in [0, 0.05) is 18.4 Å². The molecule has 0 atom stereocenters. The first-order valence-electron chi connectivity index (χ1n) is 8.03. The molecule has 0 N–H and O–H groups in total. The Kier molecular flexibility index (Phi) is 4.20. The lowest BCUT2D eigenvalue weighted by molar-refractivity contribution is 1.19. The topological polar surface area (TPSA) is 3.24 Å². The van der Waals surface area contributed by atoms with Crippen LogP contribution in [0.1, 0.15) is 16.7 Å². The number of anilines is 2. The van der Waals surface area contributed by atoms with E-state index in [2.05, 4.69) is 99.4 Å². The zero-order chi connectivity index (χ0) is 16.4. The zero-order valence-corrected chi connectivity index (χ0v) is 14.3. The van der Waals surface area contributed by atoms with Gasteiger partial charge in [-0.2, -0.15) is 0 Å². The zero-order valence-electron chi connectivity index (χ0n) is 14.3. The summed E-state index contributed by atoms with van der Waals surface area (Å²) in [6.07, 6.45) is 0. The van der Waals surface area contributed by atoms with Gasteiger partial charge in [-0.25, -0.2) is 0 Å². The fourth-order valence-electron chi connectivity index (χ4n) is 2.71. The second kappa shape index (κ2) is 6.29. The summed E-state index contributed by atoms with van der Waals surface area (Å²) in [5.41, 5.74) is 8.88. The highest BCUT2D eigenvalue weighted by atomic mass is 15.1. The van der Waals surface area contributed by atoms with Crippen LogP contribution in [-0.4, -0.2) is 7.05 Å². The number of nitrogens with zero attached hydrogens (tertiary/aromatic N) is 1. The number of benzene rings is 3. The summed E-state index contributed by atoms with van der Waals surface area (Å²) in [5, 5.41) is 0. The minimum absolute atomic E-state index is 1.20. The standard InChI is InChI=1S/C22H23N/c1-16-5-8-19(9-6-16)20-10-13-21(14-11-20)23(4)22-12-7-17(2)18(3)15-22/h5-15H,1-4H3. The molecule has 0 radical (unpaired) electrons. The van der Waals surface area contributed by atoms with Crippen LogP contribution in [0.25, 0.3) is 11.1 Å². The van der Waals surface area contributed by atoms with Crippen LogP contribution in [0.4, 0.5) is 11.4 Å². The fraction of sp³-hybridized carbons (Fsp3) is 0.182. The highest BCUT2D eigenvalue weighted by Gasteiger charge is 2.06. The summed E-state index contributed by atoms with van der Waals surface area (Å²) in [7, 11) is 2.12. The van der Waals surface area contributed by atoms with Gasteiger partial charge in [0.25, 0.3) is 0 Å². The molecule has 1 nitrogen and oxygen atoms in total. The van der Waals surface area contributed by atoms with Crippen molar-refractivity contribution < 1.29 is 0 Å². The van der Waals surface area contributed by atoms with Gasteiger partial charge < -0.3 is 4.90 Å². The Morgan fingerprint density at radius 3 is 1.65 bits per heavy atom. The minimum Gasteiger partial charge on any atom is -0.345 e. The Morgan fingerprint density at radius 1 is 0.565 bits per heavy atom. The Balaban J connectivity index is 1.86. The number of aryl methyl sites for hydroxylation is 3. The second-order valence-corrected chi connectivity index (χ2v) is 6.24. The smallest absolute Gasteiger partial charge is 0.0410 e. The first-order valence-corrected chi connectivity index (χ1v) is 8.03. The van der Waals surface area contributed by atoms with Gasteiger partial charge in [0.05, 0.1) is 0 Å². The fourth-order valence-corrected chi connectivity index (χ4v) is 2.71. The van der Waals surface area contributed by atoms with Crippen molar-refractivity contribution in [2.75, 3.05) is 11.9 Å². The Labute approximate surface area is 139 Å². The van der Waals surface area contributed by atoms with E-state index in [1.165, 1.54) is 39.2 Å². The SMILES string of the molecule is Cc1ccc(-c2ccc(N(C)c3ccc(C)c(C)c3)cc2)cc1. The molecule has 3 aromatic carbocycles. The summed E-state index contributed by atoms with van der Waals surface area (Å²) < 4.78 is 0. The average Bonchev–Trinajstić information content (AvgIpc) is 2.57. The molecule has 3 rings (SSSR count). The highest BCUT2D eigenvalue weighted by Crippen LogP contribution is 2.28. The predicted octanol–water partition coefficient (Wildman–Crippen LogP) is 6.05. The van der Waals surface area contributed by atoms with Crippen molar-refractivity contribution >= 4 is 11.4 Å². The lowest BCUT2D eigenvalue weighted by atomic mass is 10.0. The molecule has 0 unspecified atom stereocenters. The first-order chi connectivity index (χ1) is 11.0. The van der Waals surface area contributed by atoms with Gasteiger partial charge in [0.1, 0.15) is 0 Å². The van der Waals surface area contributed by atoms with Crippen molar-refractivity contribution in [3.05, 3.63) is 83.4 Å². The van der Waals surface area contributed by atoms with Crippen LogP contribution in [0, 0.1) is 20.8 Å². The van der Waals surface area contributed by atoms with E-state index in [1.54, 1.807) is 0 Å². The van der Waals surface area contributed by atoms with E-state index in [0.717, 1.165) is 0 Å². The van der Waals surface area contributed by atoms with Crippen molar-refractivity contribution in [1.82, 2.24) is 0 Å². The first kappa shape index (κ1) is 15.4. The molecule has 0 bridgehead atoms. The molecule has 0 aliphatic heterocycles. The molecule has 0 saturated heterocycles. The molecule has 116 valence electrons. The molecule has 0 spiro atoms. The van der Waals surface area contributed by atoms with Gasteiger partial charge in [-0.3, -0.25) is 0 Å². The van der Waals surface area contributed by atoms with E-state index < -0.39 is 0 Å². The molecule has 3 aromatic rings. The molecular weight excluding hydrogens is 278 g/mol. The molecule has 1 heteroatoms. The van der Waals surface area contributed by atoms with E-state index in [-0.39, 0.29) is 0 Å². The van der Waals surface area contributed by atoms with Crippen molar-refractivity contribution in [2.45, 2.75) is 20.8 Å². The molecular formula is C22H23N. The molecule has 0 saturated carbocycles. The number of hydrogen-bond donors (Lipinski definition) is 0. The van der Waals surface area contributed by atoms with Gasteiger partial charge in [-0.1, -0.05) is 48.0 Å². The molecule has 0 heterocycles. The number of hydrogen-bond acceptors (Lipinski definition) is 1. The third-order valence-corrected chi connectivity index (χ3v) is 4.52. The van der Waals surface area contributed by atoms with E-state index in [1.807, 2.05) is 0 Å². The van der Waals surface area contributed by atoms with Gasteiger partial charge in [0.2, 0.25) is 0 Å². The third-order valence-electron chi connectivity index (χ3n) is 4.52. The highest BCUT2D eigenvalue weighted by molar-refractivity contribution is 5.70. The van der Waals surface area contributed by atoms with Crippen LogP contribution in [0.15, 0.2) is 66.7 Å². The largest absolute Gasteiger partial charge is 0.345 e. The van der Waals surface area contributed by atoms with Crippen LogP contribution in [0.2, 0.25) is 0 Å². The Morgan fingerprint density at radius 2 is 1.09 bits per heavy atom. The van der Waals surface area contributed by atoms with E-state index >= 15 is 0 Å². The molecule has 0 aliphatic carbocycles. The predicted molar refractivity (Wildman–Crippen MR) is 101 cm³/mol. The van der Waals surface area contributed by atoms with Crippen LogP contribution in [-0.2, 0) is 0 Å². The van der Waals surface area contributed by atoms with Gasteiger partial charge in [-0.05, 0) is 67.3 Å².